The van der Waals surface area contributed by atoms with Crippen molar-refractivity contribution in [1.29, 1.82) is 0 Å². The van der Waals surface area contributed by atoms with Crippen molar-refractivity contribution >= 4 is 17.8 Å². The number of amides is 2. The van der Waals surface area contributed by atoms with Crippen molar-refractivity contribution in [2.24, 2.45) is 5.73 Å². The molecule has 0 aliphatic carbocycles. The van der Waals surface area contributed by atoms with Gasteiger partial charge in [-0.15, -0.1) is 0 Å². The van der Waals surface area contributed by atoms with Crippen LogP contribution in [0.25, 0.3) is 0 Å². The molecule has 3 rings (SSSR count). The van der Waals surface area contributed by atoms with Gasteiger partial charge in [-0.1, -0.05) is 0 Å². The third kappa shape index (κ3) is 5.94. The zero-order chi connectivity index (χ0) is 22.9. The third-order valence-electron chi connectivity index (χ3n) is 5.31. The first-order valence-corrected chi connectivity index (χ1v) is 11.0. The lowest BCUT2D eigenvalue weighted by Crippen LogP contribution is -2.28. The van der Waals surface area contributed by atoms with Crippen molar-refractivity contribution in [3.8, 4) is 0 Å². The van der Waals surface area contributed by atoms with Crippen molar-refractivity contribution in [1.82, 2.24) is 15.1 Å². The van der Waals surface area contributed by atoms with Gasteiger partial charge in [-0.25, -0.2) is 4.79 Å². The van der Waals surface area contributed by atoms with Crippen LogP contribution in [0.3, 0.4) is 0 Å². The summed E-state index contributed by atoms with van der Waals surface area (Å²) in [6.45, 7) is 4.64. The summed E-state index contributed by atoms with van der Waals surface area (Å²) >= 11 is 0. The molecule has 9 nitrogen and oxygen atoms in total. The van der Waals surface area contributed by atoms with E-state index < -0.39 is 11.9 Å². The highest BCUT2D eigenvalue weighted by Gasteiger charge is 2.23. The SMILES string of the molecule is CCn1nc(CCCOC(=O)c2ccc(C(N)=O)cc2)c2c1C(=O)NCCCOCCC2. The number of carbonyl (C=O) groups is 3. The average molecular weight is 443 g/mol. The summed E-state index contributed by atoms with van der Waals surface area (Å²) in [6.07, 6.45) is 3.49. The van der Waals surface area contributed by atoms with Gasteiger partial charge in [0.2, 0.25) is 5.91 Å². The summed E-state index contributed by atoms with van der Waals surface area (Å²) in [5, 5.41) is 7.62. The molecule has 172 valence electrons. The highest BCUT2D eigenvalue weighted by atomic mass is 16.5. The summed E-state index contributed by atoms with van der Waals surface area (Å²) < 4.78 is 12.7. The van der Waals surface area contributed by atoms with E-state index in [0.717, 1.165) is 24.1 Å². The number of esters is 1. The van der Waals surface area contributed by atoms with Gasteiger partial charge in [-0.2, -0.15) is 5.10 Å². The number of aryl methyl sites for hydroxylation is 2. The fourth-order valence-electron chi connectivity index (χ4n) is 3.67. The predicted octanol–water partition coefficient (Wildman–Crippen LogP) is 1.87. The number of aromatic nitrogens is 2. The molecule has 0 unspecified atom stereocenters. The fourth-order valence-corrected chi connectivity index (χ4v) is 3.67. The van der Waals surface area contributed by atoms with Gasteiger partial charge in [0, 0.05) is 37.4 Å². The van der Waals surface area contributed by atoms with E-state index in [9.17, 15) is 14.4 Å². The second-order valence-corrected chi connectivity index (χ2v) is 7.60. The first-order chi connectivity index (χ1) is 15.5. The normalized spacial score (nSPS) is 14.7. The lowest BCUT2D eigenvalue weighted by atomic mass is 10.0. The Hall–Kier alpha value is -3.20. The molecule has 2 amide bonds. The number of hydrogen-bond acceptors (Lipinski definition) is 6. The van der Waals surface area contributed by atoms with Crippen molar-refractivity contribution < 1.29 is 23.9 Å². The Balaban J connectivity index is 1.62. The monoisotopic (exact) mass is 442 g/mol. The molecule has 0 radical (unpaired) electrons. The van der Waals surface area contributed by atoms with Gasteiger partial charge < -0.3 is 20.5 Å². The lowest BCUT2D eigenvalue weighted by Gasteiger charge is -2.08. The largest absolute Gasteiger partial charge is 0.462 e. The summed E-state index contributed by atoms with van der Waals surface area (Å²) in [4.78, 5) is 36.1. The van der Waals surface area contributed by atoms with E-state index in [-0.39, 0.29) is 12.5 Å². The Labute approximate surface area is 187 Å². The van der Waals surface area contributed by atoms with Crippen LogP contribution in [-0.2, 0) is 28.9 Å². The van der Waals surface area contributed by atoms with Gasteiger partial charge >= 0.3 is 5.97 Å². The Bertz CT molecular complexity index is 952. The molecule has 9 heteroatoms. The van der Waals surface area contributed by atoms with Gasteiger partial charge in [0.25, 0.3) is 5.91 Å². The number of nitrogens with zero attached hydrogens (tertiary/aromatic N) is 2. The molecular formula is C23H30N4O5. The van der Waals surface area contributed by atoms with Crippen LogP contribution in [0.2, 0.25) is 0 Å². The molecule has 0 atom stereocenters. The molecule has 3 N–H and O–H groups in total. The van der Waals surface area contributed by atoms with Crippen LogP contribution in [0.5, 0.6) is 0 Å². The van der Waals surface area contributed by atoms with Gasteiger partial charge in [0.15, 0.2) is 0 Å². The number of nitrogens with two attached hydrogens (primary N) is 1. The van der Waals surface area contributed by atoms with E-state index in [4.69, 9.17) is 15.2 Å². The van der Waals surface area contributed by atoms with E-state index in [1.54, 1.807) is 4.68 Å². The van der Waals surface area contributed by atoms with Crippen molar-refractivity contribution in [2.45, 2.75) is 45.6 Å². The number of benzene rings is 1. The molecular weight excluding hydrogens is 412 g/mol. The third-order valence-corrected chi connectivity index (χ3v) is 5.31. The number of nitrogens with one attached hydrogen (secondary N) is 1. The molecule has 1 aromatic heterocycles. The summed E-state index contributed by atoms with van der Waals surface area (Å²) in [5.74, 6) is -1.11. The van der Waals surface area contributed by atoms with E-state index >= 15 is 0 Å². The maximum absolute atomic E-state index is 12.8. The van der Waals surface area contributed by atoms with Crippen LogP contribution in [0, 0.1) is 0 Å². The van der Waals surface area contributed by atoms with Crippen molar-refractivity contribution in [3.63, 3.8) is 0 Å². The standard InChI is InChI=1S/C23H30N4O5/c1-2-27-20-18(6-3-13-31-14-5-12-25-22(20)29)19(26-27)7-4-15-32-23(30)17-10-8-16(9-11-17)21(24)28/h8-11H,2-7,12-15H2,1H3,(H2,24,28)(H,25,29). The second-order valence-electron chi connectivity index (χ2n) is 7.60. The number of fused-ring (bicyclic) bond motifs is 1. The summed E-state index contributed by atoms with van der Waals surface area (Å²) in [6, 6.07) is 6.03. The summed E-state index contributed by atoms with van der Waals surface area (Å²) in [5.41, 5.74) is 8.33. The van der Waals surface area contributed by atoms with E-state index in [2.05, 4.69) is 10.4 Å². The van der Waals surface area contributed by atoms with Gasteiger partial charge in [0.05, 0.1) is 17.9 Å². The summed E-state index contributed by atoms with van der Waals surface area (Å²) in [7, 11) is 0. The fraction of sp³-hybridized carbons (Fsp3) is 0.478. The molecule has 0 saturated heterocycles. The van der Waals surface area contributed by atoms with Crippen LogP contribution < -0.4 is 11.1 Å². The van der Waals surface area contributed by atoms with Gasteiger partial charge in [-0.3, -0.25) is 14.3 Å². The molecule has 0 fully saturated rings. The number of hydrogen-bond donors (Lipinski definition) is 2. The predicted molar refractivity (Wildman–Crippen MR) is 118 cm³/mol. The molecule has 2 heterocycles. The Kier molecular flexibility index (Phi) is 8.38. The van der Waals surface area contributed by atoms with Gasteiger partial charge in [-0.05, 0) is 63.3 Å². The molecule has 1 aliphatic heterocycles. The quantitative estimate of drug-likeness (QED) is 0.498. The van der Waals surface area contributed by atoms with Crippen LogP contribution >= 0.6 is 0 Å². The van der Waals surface area contributed by atoms with E-state index in [1.807, 2.05) is 6.92 Å². The lowest BCUT2D eigenvalue weighted by molar-refractivity contribution is 0.0499. The maximum atomic E-state index is 12.8. The number of primary amides is 1. The number of carbonyl (C=O) groups excluding carboxylic acids is 3. The second kappa shape index (κ2) is 11.4. The Morgan fingerprint density at radius 1 is 1.19 bits per heavy atom. The minimum atomic E-state index is -0.548. The molecule has 32 heavy (non-hydrogen) atoms. The Morgan fingerprint density at radius 2 is 1.91 bits per heavy atom. The van der Waals surface area contributed by atoms with E-state index in [0.29, 0.717) is 62.4 Å². The number of rotatable bonds is 7. The highest BCUT2D eigenvalue weighted by molar-refractivity contribution is 5.95. The van der Waals surface area contributed by atoms with Gasteiger partial charge in [0.1, 0.15) is 5.69 Å². The van der Waals surface area contributed by atoms with Crippen LogP contribution in [0.15, 0.2) is 24.3 Å². The molecule has 1 aliphatic rings. The average Bonchev–Trinajstić information content (AvgIpc) is 3.13. The zero-order valence-corrected chi connectivity index (χ0v) is 18.4. The maximum Gasteiger partial charge on any atom is 0.338 e. The molecule has 0 spiro atoms. The molecule has 2 aromatic rings. The first kappa shape index (κ1) is 23.5. The van der Waals surface area contributed by atoms with Crippen LogP contribution in [0.1, 0.15) is 68.6 Å². The Morgan fingerprint density at radius 3 is 2.62 bits per heavy atom. The van der Waals surface area contributed by atoms with Crippen LogP contribution in [-0.4, -0.2) is 53.9 Å². The minimum Gasteiger partial charge on any atom is -0.462 e. The first-order valence-electron chi connectivity index (χ1n) is 11.0. The van der Waals surface area contributed by atoms with E-state index in [1.165, 1.54) is 24.3 Å². The smallest absolute Gasteiger partial charge is 0.338 e. The van der Waals surface area contributed by atoms with Crippen LogP contribution in [0.4, 0.5) is 0 Å². The van der Waals surface area contributed by atoms with Crippen molar-refractivity contribution in [3.05, 3.63) is 52.3 Å². The molecule has 1 aromatic carbocycles. The topological polar surface area (TPSA) is 126 Å². The minimum absolute atomic E-state index is 0.103. The molecule has 0 saturated carbocycles. The molecule has 0 bridgehead atoms. The van der Waals surface area contributed by atoms with Crippen molar-refractivity contribution in [2.75, 3.05) is 26.4 Å². The zero-order valence-electron chi connectivity index (χ0n) is 18.4. The highest BCUT2D eigenvalue weighted by Crippen LogP contribution is 2.20. The number of ether oxygens (including phenoxy) is 2.